The number of esters is 1. The summed E-state index contributed by atoms with van der Waals surface area (Å²) in [5.41, 5.74) is 1.17. The molecule has 1 atom stereocenters. The molecular formula is C18H18FNO3. The number of rotatable bonds is 6. The molecule has 0 aliphatic rings. The first-order valence-electron chi connectivity index (χ1n) is 7.37. The van der Waals surface area contributed by atoms with Gasteiger partial charge in [0.2, 0.25) is 0 Å². The van der Waals surface area contributed by atoms with E-state index in [1.807, 2.05) is 37.3 Å². The third-order valence-corrected chi connectivity index (χ3v) is 3.35. The molecule has 1 amide bonds. The number of nitrogens with one attached hydrogen (secondary N) is 1. The van der Waals surface area contributed by atoms with Crippen LogP contribution in [0.1, 0.15) is 24.8 Å². The average Bonchev–Trinajstić information content (AvgIpc) is 2.55. The zero-order valence-electron chi connectivity index (χ0n) is 12.8. The molecule has 2 aromatic carbocycles. The van der Waals surface area contributed by atoms with Gasteiger partial charge in [-0.3, -0.25) is 9.59 Å². The predicted octanol–water partition coefficient (Wildman–Crippen LogP) is 3.50. The molecule has 0 aliphatic heterocycles. The first-order chi connectivity index (χ1) is 11.1. The SMILES string of the molecule is CC[C@H](C(=O)OCC(=O)Nc1cccc(F)c1)c1ccccc1. The highest BCUT2D eigenvalue weighted by molar-refractivity contribution is 5.93. The van der Waals surface area contributed by atoms with Gasteiger partial charge in [-0.15, -0.1) is 0 Å². The van der Waals surface area contributed by atoms with Gasteiger partial charge in [0.15, 0.2) is 6.61 Å². The van der Waals surface area contributed by atoms with Crippen LogP contribution in [0.5, 0.6) is 0 Å². The third-order valence-electron chi connectivity index (χ3n) is 3.35. The second kappa shape index (κ2) is 8.08. The summed E-state index contributed by atoms with van der Waals surface area (Å²) in [5, 5.41) is 2.48. The van der Waals surface area contributed by atoms with Crippen molar-refractivity contribution in [3.63, 3.8) is 0 Å². The van der Waals surface area contributed by atoms with E-state index in [2.05, 4.69) is 5.32 Å². The average molecular weight is 315 g/mol. The van der Waals surface area contributed by atoms with E-state index in [1.54, 1.807) is 6.07 Å². The van der Waals surface area contributed by atoms with Crippen LogP contribution >= 0.6 is 0 Å². The largest absolute Gasteiger partial charge is 0.455 e. The Kier molecular flexibility index (Phi) is 5.86. The van der Waals surface area contributed by atoms with Crippen LogP contribution in [0.2, 0.25) is 0 Å². The maximum absolute atomic E-state index is 13.0. The summed E-state index contributed by atoms with van der Waals surface area (Å²) < 4.78 is 18.1. The Morgan fingerprint density at radius 3 is 2.52 bits per heavy atom. The molecule has 2 rings (SSSR count). The van der Waals surface area contributed by atoms with E-state index in [-0.39, 0.29) is 0 Å². The molecule has 0 saturated heterocycles. The number of carbonyl (C=O) groups excluding carboxylic acids is 2. The minimum atomic E-state index is -0.508. The van der Waals surface area contributed by atoms with E-state index in [9.17, 15) is 14.0 Å². The van der Waals surface area contributed by atoms with Gasteiger partial charge in [0.1, 0.15) is 5.82 Å². The van der Waals surface area contributed by atoms with Gasteiger partial charge >= 0.3 is 5.97 Å². The van der Waals surface area contributed by atoms with Crippen molar-refractivity contribution in [1.29, 1.82) is 0 Å². The normalized spacial score (nSPS) is 11.6. The molecule has 0 aliphatic carbocycles. The molecule has 0 saturated carbocycles. The zero-order valence-corrected chi connectivity index (χ0v) is 12.8. The van der Waals surface area contributed by atoms with Crippen LogP contribution in [0.25, 0.3) is 0 Å². The Morgan fingerprint density at radius 2 is 1.87 bits per heavy atom. The summed E-state index contributed by atoms with van der Waals surface area (Å²) in [7, 11) is 0. The van der Waals surface area contributed by atoms with Gasteiger partial charge < -0.3 is 10.1 Å². The van der Waals surface area contributed by atoms with Gasteiger partial charge in [0.05, 0.1) is 5.92 Å². The van der Waals surface area contributed by atoms with E-state index in [0.29, 0.717) is 12.1 Å². The quantitative estimate of drug-likeness (QED) is 0.830. The van der Waals surface area contributed by atoms with Gasteiger partial charge in [0, 0.05) is 5.69 Å². The third kappa shape index (κ3) is 4.92. The molecule has 0 heterocycles. The van der Waals surface area contributed by atoms with Crippen molar-refractivity contribution in [2.24, 2.45) is 0 Å². The van der Waals surface area contributed by atoms with Crippen molar-refractivity contribution in [2.45, 2.75) is 19.3 Å². The highest BCUT2D eigenvalue weighted by Crippen LogP contribution is 2.20. The Hall–Kier alpha value is -2.69. The minimum absolute atomic E-state index is 0.321. The van der Waals surface area contributed by atoms with E-state index < -0.39 is 30.2 Å². The second-order valence-corrected chi connectivity index (χ2v) is 5.04. The number of benzene rings is 2. The Balaban J connectivity index is 1.89. The first kappa shape index (κ1) is 16.7. The number of amides is 1. The Morgan fingerprint density at radius 1 is 1.13 bits per heavy atom. The Bertz CT molecular complexity index is 673. The van der Waals surface area contributed by atoms with Crippen molar-refractivity contribution in [3.05, 3.63) is 66.0 Å². The molecule has 0 fully saturated rings. The lowest BCUT2D eigenvalue weighted by molar-refractivity contribution is -0.149. The molecular weight excluding hydrogens is 297 g/mol. The fourth-order valence-corrected chi connectivity index (χ4v) is 2.22. The van der Waals surface area contributed by atoms with Gasteiger partial charge in [-0.2, -0.15) is 0 Å². The highest BCUT2D eigenvalue weighted by Gasteiger charge is 2.20. The number of carbonyl (C=O) groups is 2. The van der Waals surface area contributed by atoms with Gasteiger partial charge in [-0.1, -0.05) is 43.3 Å². The van der Waals surface area contributed by atoms with Gasteiger partial charge in [-0.25, -0.2) is 4.39 Å². The Labute approximate surface area is 134 Å². The molecule has 0 radical (unpaired) electrons. The highest BCUT2D eigenvalue weighted by atomic mass is 19.1. The van der Waals surface area contributed by atoms with E-state index in [4.69, 9.17) is 4.74 Å². The van der Waals surface area contributed by atoms with Crippen molar-refractivity contribution >= 4 is 17.6 Å². The topological polar surface area (TPSA) is 55.4 Å². The van der Waals surface area contributed by atoms with Crippen LogP contribution in [-0.2, 0) is 14.3 Å². The van der Waals surface area contributed by atoms with Crippen LogP contribution in [0.4, 0.5) is 10.1 Å². The molecule has 1 N–H and O–H groups in total. The second-order valence-electron chi connectivity index (χ2n) is 5.04. The maximum atomic E-state index is 13.0. The number of ether oxygens (including phenoxy) is 1. The van der Waals surface area contributed by atoms with Crippen molar-refractivity contribution < 1.29 is 18.7 Å². The molecule has 5 heteroatoms. The number of hydrogen-bond donors (Lipinski definition) is 1. The number of anilines is 1. The van der Waals surface area contributed by atoms with Gasteiger partial charge in [-0.05, 0) is 30.2 Å². The van der Waals surface area contributed by atoms with Crippen molar-refractivity contribution in [2.75, 3.05) is 11.9 Å². The molecule has 4 nitrogen and oxygen atoms in total. The summed E-state index contributed by atoms with van der Waals surface area (Å²) in [6.45, 7) is 1.48. The fourth-order valence-electron chi connectivity index (χ4n) is 2.22. The lowest BCUT2D eigenvalue weighted by Crippen LogP contribution is -2.23. The van der Waals surface area contributed by atoms with E-state index >= 15 is 0 Å². The summed E-state index contributed by atoms with van der Waals surface area (Å²) in [5.74, 6) is -1.81. The molecule has 0 aromatic heterocycles. The number of halogens is 1. The van der Waals surface area contributed by atoms with Crippen LogP contribution in [0, 0.1) is 5.82 Å². The molecule has 120 valence electrons. The lowest BCUT2D eigenvalue weighted by atomic mass is 9.97. The monoisotopic (exact) mass is 315 g/mol. The lowest BCUT2D eigenvalue weighted by Gasteiger charge is -2.14. The standard InChI is InChI=1S/C18H18FNO3/c1-2-16(13-7-4-3-5-8-13)18(22)23-12-17(21)20-15-10-6-9-14(19)11-15/h3-11,16H,2,12H2,1H3,(H,20,21)/t16-/m0/s1. The maximum Gasteiger partial charge on any atom is 0.313 e. The summed E-state index contributed by atoms with van der Waals surface area (Å²) in [6.07, 6.45) is 0.578. The fraction of sp³-hybridized carbons (Fsp3) is 0.222. The van der Waals surface area contributed by atoms with Crippen LogP contribution < -0.4 is 5.32 Å². The first-order valence-corrected chi connectivity index (χ1v) is 7.37. The summed E-state index contributed by atoms with van der Waals surface area (Å²) in [6, 6.07) is 14.8. The predicted molar refractivity (Wildman–Crippen MR) is 85.5 cm³/mol. The molecule has 2 aromatic rings. The molecule has 0 spiro atoms. The summed E-state index contributed by atoms with van der Waals surface area (Å²) >= 11 is 0. The van der Waals surface area contributed by atoms with Crippen molar-refractivity contribution in [3.8, 4) is 0 Å². The van der Waals surface area contributed by atoms with Gasteiger partial charge in [0.25, 0.3) is 5.91 Å². The van der Waals surface area contributed by atoms with Crippen LogP contribution in [0.15, 0.2) is 54.6 Å². The van der Waals surface area contributed by atoms with Crippen LogP contribution in [0.3, 0.4) is 0 Å². The summed E-state index contributed by atoms with van der Waals surface area (Å²) in [4.78, 5) is 23.9. The van der Waals surface area contributed by atoms with Crippen LogP contribution in [-0.4, -0.2) is 18.5 Å². The minimum Gasteiger partial charge on any atom is -0.455 e. The van der Waals surface area contributed by atoms with E-state index in [1.165, 1.54) is 18.2 Å². The molecule has 0 unspecified atom stereocenters. The molecule has 0 bridgehead atoms. The smallest absolute Gasteiger partial charge is 0.313 e. The number of hydrogen-bond acceptors (Lipinski definition) is 3. The van der Waals surface area contributed by atoms with Crippen molar-refractivity contribution in [1.82, 2.24) is 0 Å². The van der Waals surface area contributed by atoms with E-state index in [0.717, 1.165) is 5.56 Å². The molecule has 23 heavy (non-hydrogen) atoms. The zero-order chi connectivity index (χ0) is 16.7.